The highest BCUT2D eigenvalue weighted by Gasteiger charge is 2.02. The summed E-state index contributed by atoms with van der Waals surface area (Å²) >= 11 is 1.20. The van der Waals surface area contributed by atoms with Gasteiger partial charge in [0.1, 0.15) is 6.61 Å². The number of nitrogens with zero attached hydrogens (tertiary/aromatic N) is 2. The fourth-order valence-corrected chi connectivity index (χ4v) is 1.15. The van der Waals surface area contributed by atoms with Gasteiger partial charge in [0.25, 0.3) is 5.19 Å². The molecule has 13 heavy (non-hydrogen) atoms. The van der Waals surface area contributed by atoms with Crippen molar-refractivity contribution in [3.8, 4) is 5.19 Å². The van der Waals surface area contributed by atoms with Crippen molar-refractivity contribution in [2.45, 2.75) is 0 Å². The minimum Gasteiger partial charge on any atom is -0.464 e. The predicted molar refractivity (Wildman–Crippen MR) is 50.8 cm³/mol. The molecule has 0 saturated carbocycles. The van der Waals surface area contributed by atoms with E-state index in [2.05, 4.69) is 16.8 Å². The zero-order valence-electron chi connectivity index (χ0n) is 7.32. The maximum atomic E-state index is 5.36. The van der Waals surface area contributed by atoms with E-state index in [9.17, 15) is 0 Å². The lowest BCUT2D eigenvalue weighted by atomic mass is 10.3. The van der Waals surface area contributed by atoms with E-state index < -0.39 is 0 Å². The van der Waals surface area contributed by atoms with E-state index in [1.54, 1.807) is 7.11 Å². The van der Waals surface area contributed by atoms with Crippen LogP contribution < -0.4 is 10.5 Å². The maximum absolute atomic E-state index is 5.36. The van der Waals surface area contributed by atoms with Gasteiger partial charge in [-0.05, 0) is 16.9 Å². The molecule has 0 unspecified atom stereocenters. The topological polar surface area (TPSA) is 70.3 Å². The van der Waals surface area contributed by atoms with Crippen molar-refractivity contribution in [1.29, 1.82) is 0 Å². The molecule has 0 aromatic carbocycles. The number of hydrogen-bond donors (Lipinski definition) is 1. The minimum atomic E-state index is 0.377. The Kier molecular flexibility index (Phi) is 3.66. The molecule has 1 heterocycles. The van der Waals surface area contributed by atoms with Gasteiger partial charge in [-0.3, -0.25) is 0 Å². The van der Waals surface area contributed by atoms with Crippen LogP contribution in [0.25, 0.3) is 0 Å². The summed E-state index contributed by atoms with van der Waals surface area (Å²) in [5.41, 5.74) is 6.21. The molecule has 0 radical (unpaired) electrons. The van der Waals surface area contributed by atoms with Gasteiger partial charge in [0.05, 0.1) is 6.61 Å². The van der Waals surface area contributed by atoms with E-state index in [1.807, 2.05) is 0 Å². The fourth-order valence-electron chi connectivity index (χ4n) is 0.688. The van der Waals surface area contributed by atoms with Gasteiger partial charge >= 0.3 is 0 Å². The smallest absolute Gasteiger partial charge is 0.296 e. The molecule has 0 aliphatic heterocycles. The first-order valence-electron chi connectivity index (χ1n) is 3.59. The predicted octanol–water partition coefficient (Wildman–Crippen LogP) is 0.702. The normalized spacial score (nSPS) is 9.92. The molecule has 6 heteroatoms. The van der Waals surface area contributed by atoms with Crippen molar-refractivity contribution in [2.75, 3.05) is 26.1 Å². The van der Waals surface area contributed by atoms with Gasteiger partial charge in [-0.25, -0.2) is 0 Å². The molecule has 1 aromatic heterocycles. The van der Waals surface area contributed by atoms with Crippen LogP contribution in [0, 0.1) is 0 Å². The van der Waals surface area contributed by atoms with Crippen molar-refractivity contribution in [3.63, 3.8) is 0 Å². The summed E-state index contributed by atoms with van der Waals surface area (Å²) in [6.45, 7) is 4.60. The summed E-state index contributed by atoms with van der Waals surface area (Å²) in [5.74, 6) is 0. The first-order valence-corrected chi connectivity index (χ1v) is 4.41. The molecule has 0 spiro atoms. The van der Waals surface area contributed by atoms with Gasteiger partial charge in [-0.15, -0.1) is 5.10 Å². The number of hydrogen-bond acceptors (Lipinski definition) is 6. The molecule has 1 aromatic rings. The lowest BCUT2D eigenvalue weighted by Gasteiger charge is -2.03. The van der Waals surface area contributed by atoms with Crippen molar-refractivity contribution in [3.05, 3.63) is 12.2 Å². The van der Waals surface area contributed by atoms with Crippen LogP contribution in [-0.4, -0.2) is 30.5 Å². The summed E-state index contributed by atoms with van der Waals surface area (Å²) in [6, 6.07) is 0. The number of aromatic nitrogens is 2. The Morgan fingerprint density at radius 3 is 2.85 bits per heavy atom. The summed E-state index contributed by atoms with van der Waals surface area (Å²) in [6.07, 6.45) is 0. The summed E-state index contributed by atoms with van der Waals surface area (Å²) in [7, 11) is 1.61. The third-order valence-corrected chi connectivity index (χ3v) is 1.84. The molecule has 5 nitrogen and oxygen atoms in total. The number of nitrogen functional groups attached to an aromatic ring is 1. The molecule has 0 bridgehead atoms. The SMILES string of the molecule is C=C(COC)COc1nnc(N)s1. The van der Waals surface area contributed by atoms with E-state index in [0.717, 1.165) is 5.57 Å². The quantitative estimate of drug-likeness (QED) is 0.710. The molecule has 0 fully saturated rings. The van der Waals surface area contributed by atoms with Crippen LogP contribution >= 0.6 is 11.3 Å². The second-order valence-electron chi connectivity index (χ2n) is 2.38. The van der Waals surface area contributed by atoms with Crippen molar-refractivity contribution < 1.29 is 9.47 Å². The lowest BCUT2D eigenvalue weighted by molar-refractivity contribution is 0.211. The van der Waals surface area contributed by atoms with Gasteiger partial charge in [-0.1, -0.05) is 11.7 Å². The molecule has 0 aliphatic rings. The van der Waals surface area contributed by atoms with Crippen LogP contribution in [0.2, 0.25) is 0 Å². The van der Waals surface area contributed by atoms with Gasteiger partial charge in [0, 0.05) is 7.11 Å². The minimum absolute atomic E-state index is 0.377. The Labute approximate surface area is 80.2 Å². The fraction of sp³-hybridized carbons (Fsp3) is 0.429. The molecule has 0 atom stereocenters. The Hall–Kier alpha value is -1.14. The van der Waals surface area contributed by atoms with Crippen LogP contribution in [0.15, 0.2) is 12.2 Å². The Morgan fingerprint density at radius 2 is 2.31 bits per heavy atom. The van der Waals surface area contributed by atoms with Gasteiger partial charge in [-0.2, -0.15) is 0 Å². The molecule has 0 aliphatic carbocycles. The third-order valence-electron chi connectivity index (χ3n) is 1.17. The van der Waals surface area contributed by atoms with Crippen LogP contribution in [0.1, 0.15) is 0 Å². The molecule has 1 rings (SSSR count). The molecule has 0 amide bonds. The van der Waals surface area contributed by atoms with Gasteiger partial charge < -0.3 is 15.2 Å². The van der Waals surface area contributed by atoms with Gasteiger partial charge in [0.2, 0.25) is 5.13 Å². The molecule has 72 valence electrons. The third kappa shape index (κ3) is 3.39. The molecular weight excluding hydrogens is 190 g/mol. The van der Waals surface area contributed by atoms with Crippen molar-refractivity contribution in [1.82, 2.24) is 10.2 Å². The molecule has 0 saturated heterocycles. The second kappa shape index (κ2) is 4.78. The summed E-state index contributed by atoms with van der Waals surface area (Å²) in [5, 5.41) is 8.14. The largest absolute Gasteiger partial charge is 0.464 e. The van der Waals surface area contributed by atoms with Crippen LogP contribution in [0.3, 0.4) is 0 Å². The number of rotatable bonds is 5. The van der Waals surface area contributed by atoms with Crippen molar-refractivity contribution >= 4 is 16.5 Å². The van der Waals surface area contributed by atoms with Crippen molar-refractivity contribution in [2.24, 2.45) is 0 Å². The average Bonchev–Trinajstić information content (AvgIpc) is 2.49. The van der Waals surface area contributed by atoms with E-state index >= 15 is 0 Å². The first kappa shape index (κ1) is 9.94. The van der Waals surface area contributed by atoms with E-state index in [4.69, 9.17) is 15.2 Å². The number of ether oxygens (including phenoxy) is 2. The Balaban J connectivity index is 2.30. The van der Waals surface area contributed by atoms with E-state index in [1.165, 1.54) is 11.3 Å². The highest BCUT2D eigenvalue weighted by atomic mass is 32.1. The maximum Gasteiger partial charge on any atom is 0.296 e. The Morgan fingerprint density at radius 1 is 1.54 bits per heavy atom. The van der Waals surface area contributed by atoms with E-state index in [-0.39, 0.29) is 0 Å². The van der Waals surface area contributed by atoms with Crippen LogP contribution in [-0.2, 0) is 4.74 Å². The summed E-state index contributed by atoms with van der Waals surface area (Å²) < 4.78 is 10.1. The zero-order valence-corrected chi connectivity index (χ0v) is 8.13. The van der Waals surface area contributed by atoms with Crippen LogP contribution in [0.5, 0.6) is 5.19 Å². The first-order chi connectivity index (χ1) is 6.22. The Bertz CT molecular complexity index is 287. The number of methoxy groups -OCH3 is 1. The monoisotopic (exact) mass is 201 g/mol. The lowest BCUT2D eigenvalue weighted by Crippen LogP contribution is -2.04. The average molecular weight is 201 g/mol. The molecule has 2 N–H and O–H groups in total. The standard InChI is InChI=1S/C7H11N3O2S/c1-5(3-11-2)4-12-7-10-9-6(8)13-7/h1,3-4H2,2H3,(H2,8,9). The zero-order chi connectivity index (χ0) is 9.68. The highest BCUT2D eigenvalue weighted by molar-refractivity contribution is 7.16. The highest BCUT2D eigenvalue weighted by Crippen LogP contribution is 2.19. The number of anilines is 1. The van der Waals surface area contributed by atoms with Gasteiger partial charge in [0.15, 0.2) is 0 Å². The van der Waals surface area contributed by atoms with E-state index in [0.29, 0.717) is 23.5 Å². The molecular formula is C7H11N3O2S. The summed E-state index contributed by atoms with van der Waals surface area (Å²) in [4.78, 5) is 0. The number of nitrogens with two attached hydrogens (primary N) is 1. The second-order valence-corrected chi connectivity index (χ2v) is 3.35. The van der Waals surface area contributed by atoms with Crippen LogP contribution in [0.4, 0.5) is 5.13 Å².